The summed E-state index contributed by atoms with van der Waals surface area (Å²) < 4.78 is 1.67. The molecule has 5 nitrogen and oxygen atoms in total. The third-order valence-electron chi connectivity index (χ3n) is 1.47. The molecule has 0 amide bonds. The normalized spacial score (nSPS) is 10.6. The minimum Gasteiger partial charge on any atom is -0.382 e. The predicted octanol–water partition coefficient (Wildman–Crippen LogP) is -0.254. The summed E-state index contributed by atoms with van der Waals surface area (Å²) in [6.45, 7) is 0. The number of hydrogen-bond donors (Lipinski definition) is 1. The maximum Gasteiger partial charge on any atom is 0.183 e. The molecule has 1 radical (unpaired) electrons. The van der Waals surface area contributed by atoms with Crippen molar-refractivity contribution in [2.75, 3.05) is 5.73 Å². The molecule has 0 aliphatic heterocycles. The third kappa shape index (κ3) is 0.739. The van der Waals surface area contributed by atoms with Crippen LogP contribution < -0.4 is 5.73 Å². The van der Waals surface area contributed by atoms with Gasteiger partial charge in [0.1, 0.15) is 11.8 Å². The van der Waals surface area contributed by atoms with E-state index in [0.29, 0.717) is 11.5 Å². The summed E-state index contributed by atoms with van der Waals surface area (Å²) in [5.74, 6) is 0.436. The molecule has 0 saturated carbocycles. The van der Waals surface area contributed by atoms with Gasteiger partial charge in [0.05, 0.1) is 0 Å². The van der Waals surface area contributed by atoms with E-state index < -0.39 is 0 Å². The number of nitrogens with zero attached hydrogens (tertiary/aromatic N) is 4. The van der Waals surface area contributed by atoms with Crippen LogP contribution >= 0.6 is 0 Å². The number of nitrogens with two attached hydrogens (primary N) is 1. The van der Waals surface area contributed by atoms with Gasteiger partial charge >= 0.3 is 0 Å². The number of hydrogen-bond acceptors (Lipinski definition) is 4. The summed E-state index contributed by atoms with van der Waals surface area (Å²) in [6, 6.07) is 0. The molecule has 55 valence electrons. The molecule has 0 atom stereocenters. The Labute approximate surface area is 62.9 Å². The van der Waals surface area contributed by atoms with E-state index in [1.807, 2.05) is 0 Å². The van der Waals surface area contributed by atoms with Crippen LogP contribution in [-0.2, 0) is 7.05 Å². The monoisotopic (exact) mass is 148 g/mol. The average Bonchev–Trinajstić information content (AvgIpc) is 2.34. The Morgan fingerprint density at radius 1 is 1.55 bits per heavy atom. The van der Waals surface area contributed by atoms with Gasteiger partial charge in [-0.15, -0.1) is 0 Å². The first-order valence-electron chi connectivity index (χ1n) is 3.09. The maximum absolute atomic E-state index is 5.57. The summed E-state index contributed by atoms with van der Waals surface area (Å²) in [7, 11) is 1.80. The topological polar surface area (TPSA) is 69.6 Å². The molecular formula is C6H6N5. The fourth-order valence-corrected chi connectivity index (χ4v) is 0.959. The highest BCUT2D eigenvalue weighted by Crippen LogP contribution is 2.12. The summed E-state index contributed by atoms with van der Waals surface area (Å²) in [4.78, 5) is 11.6. The van der Waals surface area contributed by atoms with Crippen LogP contribution in [0.3, 0.4) is 0 Å². The van der Waals surface area contributed by atoms with Gasteiger partial charge in [-0.2, -0.15) is 0 Å². The van der Waals surface area contributed by atoms with E-state index in [1.54, 1.807) is 11.6 Å². The smallest absolute Gasteiger partial charge is 0.183 e. The van der Waals surface area contributed by atoms with Gasteiger partial charge in [-0.05, 0) is 0 Å². The summed E-state index contributed by atoms with van der Waals surface area (Å²) in [5.41, 5.74) is 6.88. The molecule has 0 fully saturated rings. The molecule has 5 heteroatoms. The summed E-state index contributed by atoms with van der Waals surface area (Å²) >= 11 is 0. The van der Waals surface area contributed by atoms with Crippen LogP contribution in [0.4, 0.5) is 5.82 Å². The van der Waals surface area contributed by atoms with Crippen molar-refractivity contribution in [3.05, 3.63) is 12.7 Å². The zero-order chi connectivity index (χ0) is 7.84. The lowest BCUT2D eigenvalue weighted by atomic mass is 10.5. The fraction of sp³-hybridized carbons (Fsp3) is 0.167. The molecule has 0 unspecified atom stereocenters. The minimum atomic E-state index is 0.436. The van der Waals surface area contributed by atoms with Crippen molar-refractivity contribution in [3.63, 3.8) is 0 Å². The lowest BCUT2D eigenvalue weighted by Crippen LogP contribution is -1.96. The first-order chi connectivity index (χ1) is 5.29. The zero-order valence-corrected chi connectivity index (χ0v) is 5.94. The minimum absolute atomic E-state index is 0.436. The van der Waals surface area contributed by atoms with Gasteiger partial charge < -0.3 is 10.3 Å². The van der Waals surface area contributed by atoms with Crippen molar-refractivity contribution < 1.29 is 0 Å². The second kappa shape index (κ2) is 1.91. The summed E-state index contributed by atoms with van der Waals surface area (Å²) in [6.07, 6.45) is 4.09. The molecule has 0 aliphatic carbocycles. The number of aromatic nitrogens is 4. The van der Waals surface area contributed by atoms with Gasteiger partial charge in [-0.25, -0.2) is 15.0 Å². The lowest BCUT2D eigenvalue weighted by molar-refractivity contribution is 0.934. The molecule has 0 saturated heterocycles. The molecule has 0 spiro atoms. The van der Waals surface area contributed by atoms with Gasteiger partial charge in [0, 0.05) is 7.05 Å². The van der Waals surface area contributed by atoms with Crippen molar-refractivity contribution in [1.29, 1.82) is 0 Å². The Morgan fingerprint density at radius 2 is 2.36 bits per heavy atom. The molecule has 2 N–H and O–H groups in total. The predicted molar refractivity (Wildman–Crippen MR) is 39.6 cm³/mol. The lowest BCUT2D eigenvalue weighted by Gasteiger charge is -1.94. The Kier molecular flexibility index (Phi) is 1.06. The molecule has 2 aromatic rings. The number of rotatable bonds is 0. The zero-order valence-electron chi connectivity index (χ0n) is 5.94. The van der Waals surface area contributed by atoms with Crippen LogP contribution in [0, 0.1) is 6.33 Å². The SMILES string of the molecule is Cn1[c]nc2ncnc(N)c21. The summed E-state index contributed by atoms with van der Waals surface area (Å²) in [5, 5.41) is 0. The highest BCUT2D eigenvalue weighted by atomic mass is 15.1. The molecule has 2 heterocycles. The Morgan fingerprint density at radius 3 is 3.09 bits per heavy atom. The second-order valence-electron chi connectivity index (χ2n) is 2.20. The van der Waals surface area contributed by atoms with E-state index >= 15 is 0 Å². The van der Waals surface area contributed by atoms with E-state index in [-0.39, 0.29) is 0 Å². The molecule has 2 rings (SSSR count). The van der Waals surface area contributed by atoms with Crippen molar-refractivity contribution in [1.82, 2.24) is 19.5 Å². The number of aryl methyl sites for hydroxylation is 1. The van der Waals surface area contributed by atoms with Gasteiger partial charge in [0.15, 0.2) is 17.8 Å². The van der Waals surface area contributed by atoms with Crippen molar-refractivity contribution in [2.45, 2.75) is 0 Å². The van der Waals surface area contributed by atoms with E-state index in [4.69, 9.17) is 5.73 Å². The highest BCUT2D eigenvalue weighted by molar-refractivity contribution is 5.81. The standard InChI is InChI=1S/C6H6N5/c1-11-3-10-6-4(11)5(7)8-2-9-6/h2H,1H3,(H2,7,8,9). The first kappa shape index (κ1) is 6.09. The molecule has 0 aliphatic rings. The average molecular weight is 148 g/mol. The highest BCUT2D eigenvalue weighted by Gasteiger charge is 2.04. The van der Waals surface area contributed by atoms with Crippen molar-refractivity contribution in [3.8, 4) is 0 Å². The van der Waals surface area contributed by atoms with E-state index in [1.165, 1.54) is 6.33 Å². The fourth-order valence-electron chi connectivity index (χ4n) is 0.959. The van der Waals surface area contributed by atoms with Crippen LogP contribution in [-0.4, -0.2) is 19.5 Å². The van der Waals surface area contributed by atoms with Crippen LogP contribution in [0.1, 0.15) is 0 Å². The second-order valence-corrected chi connectivity index (χ2v) is 2.20. The van der Waals surface area contributed by atoms with Crippen LogP contribution in [0.5, 0.6) is 0 Å². The van der Waals surface area contributed by atoms with Crippen LogP contribution in [0.15, 0.2) is 6.33 Å². The van der Waals surface area contributed by atoms with Gasteiger partial charge in [0.2, 0.25) is 0 Å². The van der Waals surface area contributed by atoms with Crippen LogP contribution in [0.25, 0.3) is 11.2 Å². The Bertz CT molecular complexity index is 391. The first-order valence-corrected chi connectivity index (χ1v) is 3.09. The molecular weight excluding hydrogens is 142 g/mol. The van der Waals surface area contributed by atoms with Crippen molar-refractivity contribution >= 4 is 17.0 Å². The molecule has 0 bridgehead atoms. The van der Waals surface area contributed by atoms with Crippen molar-refractivity contribution in [2.24, 2.45) is 7.05 Å². The number of fused-ring (bicyclic) bond motifs is 1. The number of anilines is 1. The van der Waals surface area contributed by atoms with E-state index in [2.05, 4.69) is 21.3 Å². The number of imidazole rings is 1. The third-order valence-corrected chi connectivity index (χ3v) is 1.47. The molecule has 11 heavy (non-hydrogen) atoms. The van der Waals surface area contributed by atoms with Gasteiger partial charge in [-0.1, -0.05) is 0 Å². The maximum atomic E-state index is 5.57. The molecule has 2 aromatic heterocycles. The van der Waals surface area contributed by atoms with E-state index in [0.717, 1.165) is 5.52 Å². The van der Waals surface area contributed by atoms with Gasteiger partial charge in [-0.3, -0.25) is 0 Å². The van der Waals surface area contributed by atoms with Gasteiger partial charge in [0.25, 0.3) is 0 Å². The molecule has 0 aromatic carbocycles. The Balaban J connectivity index is 2.96. The Hall–Kier alpha value is -1.65. The largest absolute Gasteiger partial charge is 0.382 e. The quantitative estimate of drug-likeness (QED) is 0.559. The van der Waals surface area contributed by atoms with Crippen LogP contribution in [0.2, 0.25) is 0 Å². The van der Waals surface area contributed by atoms with E-state index in [9.17, 15) is 0 Å². The number of nitrogen functional groups attached to an aromatic ring is 1.